The van der Waals surface area contributed by atoms with Crippen molar-refractivity contribution >= 4 is 17.1 Å². The van der Waals surface area contributed by atoms with Gasteiger partial charge in [-0.05, 0) is 42.2 Å². The van der Waals surface area contributed by atoms with Crippen LogP contribution < -0.4 is 9.47 Å². The molecule has 0 aromatic heterocycles. The third kappa shape index (κ3) is 3.18. The van der Waals surface area contributed by atoms with Crippen molar-refractivity contribution in [3.8, 4) is 11.5 Å². The van der Waals surface area contributed by atoms with E-state index in [9.17, 15) is 10.1 Å². The summed E-state index contributed by atoms with van der Waals surface area (Å²) >= 11 is 5.55. The molecule has 0 saturated carbocycles. The largest absolute Gasteiger partial charge is 0.493 e. The van der Waals surface area contributed by atoms with Crippen molar-refractivity contribution < 1.29 is 14.4 Å². The van der Waals surface area contributed by atoms with Crippen LogP contribution in [0.3, 0.4) is 0 Å². The molecule has 0 saturated heterocycles. The first-order chi connectivity index (χ1) is 12.0. The van der Waals surface area contributed by atoms with Gasteiger partial charge in [-0.3, -0.25) is 10.1 Å². The highest BCUT2D eigenvalue weighted by molar-refractivity contribution is 7.80. The summed E-state index contributed by atoms with van der Waals surface area (Å²) in [7, 11) is 3.17. The fraction of sp³-hybridized carbons (Fsp3) is 0.421. The normalized spacial score (nSPS) is 22.6. The molecule has 0 heterocycles. The number of hydrogen-bond acceptors (Lipinski definition) is 5. The molecule has 5 nitrogen and oxygen atoms in total. The Morgan fingerprint density at radius 1 is 1.24 bits per heavy atom. The molecule has 0 fully saturated rings. The second kappa shape index (κ2) is 6.96. The van der Waals surface area contributed by atoms with Crippen LogP contribution in [0.15, 0.2) is 35.4 Å². The van der Waals surface area contributed by atoms with Crippen molar-refractivity contribution in [2.24, 2.45) is 0 Å². The molecule has 0 bridgehead atoms. The zero-order chi connectivity index (χ0) is 18.1. The van der Waals surface area contributed by atoms with Crippen molar-refractivity contribution in [1.82, 2.24) is 0 Å². The minimum absolute atomic E-state index is 0.165. The van der Waals surface area contributed by atoms with E-state index in [0.717, 1.165) is 27.1 Å². The minimum Gasteiger partial charge on any atom is -0.493 e. The molecular weight excluding hydrogens is 338 g/mol. The molecule has 3 rings (SSSR count). The minimum atomic E-state index is -0.680. The first-order valence-electron chi connectivity index (χ1n) is 8.26. The summed E-state index contributed by atoms with van der Waals surface area (Å²) in [6.45, 7) is 2.00. The van der Waals surface area contributed by atoms with Crippen LogP contribution in [0.25, 0.3) is 0 Å². The van der Waals surface area contributed by atoms with Crippen LogP contribution in [0, 0.1) is 10.1 Å². The summed E-state index contributed by atoms with van der Waals surface area (Å²) in [4.78, 5) is 12.4. The molecule has 6 heteroatoms. The molecular formula is C19H21NO4S. The predicted octanol–water partition coefficient (Wildman–Crippen LogP) is 4.03. The highest BCUT2D eigenvalue weighted by Crippen LogP contribution is 2.44. The van der Waals surface area contributed by atoms with Crippen molar-refractivity contribution in [3.63, 3.8) is 0 Å². The maximum Gasteiger partial charge on any atom is 0.224 e. The molecule has 2 atom stereocenters. The number of nitro groups is 1. The number of methoxy groups -OCH3 is 2. The van der Waals surface area contributed by atoms with E-state index in [0.29, 0.717) is 30.8 Å². The van der Waals surface area contributed by atoms with E-state index in [-0.39, 0.29) is 10.8 Å². The number of benzene rings is 1. The van der Waals surface area contributed by atoms with Crippen LogP contribution in [0.2, 0.25) is 0 Å². The van der Waals surface area contributed by atoms with Gasteiger partial charge in [-0.15, -0.1) is 0 Å². The van der Waals surface area contributed by atoms with Gasteiger partial charge in [0.25, 0.3) is 0 Å². The van der Waals surface area contributed by atoms with E-state index in [1.54, 1.807) is 14.2 Å². The van der Waals surface area contributed by atoms with E-state index in [1.165, 1.54) is 0 Å². The Labute approximate surface area is 152 Å². The summed E-state index contributed by atoms with van der Waals surface area (Å²) in [6.07, 6.45) is 5.86. The summed E-state index contributed by atoms with van der Waals surface area (Å²) in [6, 6.07) is 3.14. The van der Waals surface area contributed by atoms with E-state index in [2.05, 4.69) is 6.08 Å². The SMILES string of the molecule is COc1cc2c(cc1OC)[C@@H](C1=CC(C)=CCC1=S)[C@H]([N+](=O)[O-])CC2. The molecule has 25 heavy (non-hydrogen) atoms. The van der Waals surface area contributed by atoms with Crippen LogP contribution >= 0.6 is 12.2 Å². The fourth-order valence-electron chi connectivity index (χ4n) is 3.74. The quantitative estimate of drug-likeness (QED) is 0.461. The van der Waals surface area contributed by atoms with Crippen molar-refractivity contribution in [1.29, 1.82) is 0 Å². The fourth-order valence-corrected chi connectivity index (χ4v) is 4.01. The Morgan fingerprint density at radius 3 is 2.56 bits per heavy atom. The third-order valence-electron chi connectivity index (χ3n) is 5.00. The lowest BCUT2D eigenvalue weighted by Crippen LogP contribution is -2.35. The number of hydrogen-bond donors (Lipinski definition) is 0. The van der Waals surface area contributed by atoms with E-state index >= 15 is 0 Å². The van der Waals surface area contributed by atoms with Crippen molar-refractivity contribution in [2.75, 3.05) is 14.2 Å². The first kappa shape index (κ1) is 17.6. The molecule has 0 aliphatic heterocycles. The maximum atomic E-state index is 11.7. The van der Waals surface area contributed by atoms with Crippen LogP contribution in [0.1, 0.15) is 36.8 Å². The zero-order valence-corrected chi connectivity index (χ0v) is 15.4. The summed E-state index contributed by atoms with van der Waals surface area (Å²) < 4.78 is 10.8. The molecule has 1 aromatic carbocycles. The van der Waals surface area contributed by atoms with Gasteiger partial charge in [0, 0.05) is 22.6 Å². The van der Waals surface area contributed by atoms with E-state index in [1.807, 2.05) is 25.1 Å². The Kier molecular flexibility index (Phi) is 4.90. The predicted molar refractivity (Wildman–Crippen MR) is 100 cm³/mol. The molecule has 0 amide bonds. The lowest BCUT2D eigenvalue weighted by molar-refractivity contribution is -0.526. The van der Waals surface area contributed by atoms with Gasteiger partial charge in [-0.25, -0.2) is 0 Å². The number of thiocarbonyl (C=S) groups is 1. The Bertz CT molecular complexity index is 797. The number of nitrogens with zero attached hydrogens (tertiary/aromatic N) is 1. The van der Waals surface area contributed by atoms with Gasteiger partial charge in [0.15, 0.2) is 11.5 Å². The summed E-state index contributed by atoms with van der Waals surface area (Å²) in [5.41, 5.74) is 3.98. The second-order valence-electron chi connectivity index (χ2n) is 6.45. The first-order valence-corrected chi connectivity index (χ1v) is 8.67. The second-order valence-corrected chi connectivity index (χ2v) is 6.94. The molecule has 0 radical (unpaired) electrons. The van der Waals surface area contributed by atoms with Crippen LogP contribution in [-0.4, -0.2) is 30.0 Å². The van der Waals surface area contributed by atoms with Gasteiger partial charge in [0.05, 0.1) is 20.1 Å². The molecule has 0 spiro atoms. The highest BCUT2D eigenvalue weighted by atomic mass is 32.1. The molecule has 0 N–H and O–H groups in total. The number of allylic oxidation sites excluding steroid dienone is 3. The van der Waals surface area contributed by atoms with Gasteiger partial charge < -0.3 is 9.47 Å². The number of rotatable bonds is 4. The van der Waals surface area contributed by atoms with Gasteiger partial charge >= 0.3 is 0 Å². The summed E-state index contributed by atoms with van der Waals surface area (Å²) in [5.74, 6) is 0.885. The lowest BCUT2D eigenvalue weighted by Gasteiger charge is -2.32. The Morgan fingerprint density at radius 2 is 1.92 bits per heavy atom. The van der Waals surface area contributed by atoms with Crippen LogP contribution in [-0.2, 0) is 6.42 Å². The Hall–Kier alpha value is -2.21. The average Bonchev–Trinajstić information content (AvgIpc) is 2.61. The van der Waals surface area contributed by atoms with Gasteiger partial charge in [-0.1, -0.05) is 29.9 Å². The van der Waals surface area contributed by atoms with Crippen LogP contribution in [0.5, 0.6) is 11.5 Å². The Balaban J connectivity index is 2.19. The van der Waals surface area contributed by atoms with Crippen molar-refractivity contribution in [3.05, 3.63) is 56.7 Å². The average molecular weight is 359 g/mol. The van der Waals surface area contributed by atoms with Gasteiger partial charge in [-0.2, -0.15) is 0 Å². The molecule has 2 aliphatic rings. The van der Waals surface area contributed by atoms with E-state index in [4.69, 9.17) is 21.7 Å². The smallest absolute Gasteiger partial charge is 0.224 e. The maximum absolute atomic E-state index is 11.7. The molecule has 0 unspecified atom stereocenters. The molecule has 1 aromatic rings. The third-order valence-corrected chi connectivity index (χ3v) is 5.40. The van der Waals surface area contributed by atoms with E-state index < -0.39 is 6.04 Å². The summed E-state index contributed by atoms with van der Waals surface area (Å²) in [5, 5.41) is 11.7. The monoisotopic (exact) mass is 359 g/mol. The topological polar surface area (TPSA) is 61.6 Å². The van der Waals surface area contributed by atoms with Crippen molar-refractivity contribution in [2.45, 2.75) is 38.1 Å². The number of aryl methyl sites for hydroxylation is 1. The molecule has 132 valence electrons. The van der Waals surface area contributed by atoms with Crippen LogP contribution in [0.4, 0.5) is 0 Å². The zero-order valence-electron chi connectivity index (χ0n) is 14.6. The number of fused-ring (bicyclic) bond motifs is 1. The highest BCUT2D eigenvalue weighted by Gasteiger charge is 2.41. The standard InChI is InChI=1S/C19H21NO4S/c1-11-4-7-18(25)14(8-11)19-13-10-17(24-3)16(23-2)9-12(13)5-6-15(19)20(21)22/h4,8-10,15,19H,5-7H2,1-3H3/t15-,19+/m1/s1. The lowest BCUT2D eigenvalue weighted by atomic mass is 9.73. The van der Waals surface area contributed by atoms with Gasteiger partial charge in [0.2, 0.25) is 6.04 Å². The molecule has 2 aliphatic carbocycles. The number of ether oxygens (including phenoxy) is 2. The van der Waals surface area contributed by atoms with Gasteiger partial charge in [0.1, 0.15) is 0 Å².